The summed E-state index contributed by atoms with van der Waals surface area (Å²) < 4.78 is 1.06. The smallest absolute Gasteiger partial charge is 0.221 e. The molecule has 1 amide bonds. The topological polar surface area (TPSA) is 41.1 Å². The molecule has 0 saturated carbocycles. The van der Waals surface area contributed by atoms with Gasteiger partial charge in [0.15, 0.2) is 0 Å². The number of nitrogens with one attached hydrogen (secondary N) is 2. The average Bonchev–Trinajstić information content (AvgIpc) is 2.41. The lowest BCUT2D eigenvalue weighted by Crippen LogP contribution is -2.09. The van der Waals surface area contributed by atoms with Gasteiger partial charge >= 0.3 is 0 Å². The number of carbonyl (C=O) groups excluding carboxylic acids is 1. The fraction of sp³-hybridized carbons (Fsp3) is 0.188. The van der Waals surface area contributed by atoms with E-state index in [0.29, 0.717) is 0 Å². The van der Waals surface area contributed by atoms with Crippen LogP contribution in [0.1, 0.15) is 25.5 Å². The van der Waals surface area contributed by atoms with Gasteiger partial charge in [0.2, 0.25) is 5.91 Å². The van der Waals surface area contributed by atoms with E-state index in [-0.39, 0.29) is 11.9 Å². The molecule has 2 aromatic carbocycles. The summed E-state index contributed by atoms with van der Waals surface area (Å²) in [7, 11) is 0. The van der Waals surface area contributed by atoms with Crippen LogP contribution in [0.15, 0.2) is 53.0 Å². The first kappa shape index (κ1) is 14.6. The van der Waals surface area contributed by atoms with Gasteiger partial charge in [-0.1, -0.05) is 28.1 Å². The maximum absolute atomic E-state index is 11.1. The summed E-state index contributed by atoms with van der Waals surface area (Å²) in [6, 6.07) is 16.1. The van der Waals surface area contributed by atoms with Crippen molar-refractivity contribution in [3.8, 4) is 0 Å². The Morgan fingerprint density at radius 2 is 1.80 bits per heavy atom. The van der Waals surface area contributed by atoms with Crippen LogP contribution in [0.2, 0.25) is 0 Å². The molecule has 0 aliphatic heterocycles. The zero-order valence-corrected chi connectivity index (χ0v) is 13.1. The molecule has 4 heteroatoms. The molecule has 2 N–H and O–H groups in total. The highest BCUT2D eigenvalue weighted by atomic mass is 79.9. The average molecular weight is 333 g/mol. The van der Waals surface area contributed by atoms with Crippen molar-refractivity contribution < 1.29 is 4.79 Å². The second-order valence-electron chi connectivity index (χ2n) is 4.68. The predicted molar refractivity (Wildman–Crippen MR) is 86.9 cm³/mol. The van der Waals surface area contributed by atoms with E-state index in [1.165, 1.54) is 6.92 Å². The van der Waals surface area contributed by atoms with Crippen LogP contribution in [0.25, 0.3) is 0 Å². The molecule has 0 fully saturated rings. The summed E-state index contributed by atoms with van der Waals surface area (Å²) >= 11 is 3.42. The fourth-order valence-electron chi connectivity index (χ4n) is 1.97. The molecule has 0 aromatic heterocycles. The van der Waals surface area contributed by atoms with Crippen molar-refractivity contribution in [1.82, 2.24) is 0 Å². The molecule has 0 aliphatic carbocycles. The van der Waals surface area contributed by atoms with Crippen molar-refractivity contribution in [1.29, 1.82) is 0 Å². The molecule has 0 spiro atoms. The number of hydrogen-bond donors (Lipinski definition) is 2. The molecule has 1 unspecified atom stereocenters. The largest absolute Gasteiger partial charge is 0.379 e. The van der Waals surface area contributed by atoms with Gasteiger partial charge in [0.25, 0.3) is 0 Å². The van der Waals surface area contributed by atoms with Crippen molar-refractivity contribution in [2.45, 2.75) is 19.9 Å². The van der Waals surface area contributed by atoms with Gasteiger partial charge < -0.3 is 10.6 Å². The van der Waals surface area contributed by atoms with Crippen LogP contribution in [0, 0.1) is 0 Å². The zero-order chi connectivity index (χ0) is 14.5. The molecule has 0 aliphatic rings. The van der Waals surface area contributed by atoms with E-state index < -0.39 is 0 Å². The van der Waals surface area contributed by atoms with E-state index in [1.54, 1.807) is 0 Å². The Hall–Kier alpha value is -1.81. The molecule has 1 atom stereocenters. The maximum Gasteiger partial charge on any atom is 0.221 e. The highest BCUT2D eigenvalue weighted by molar-refractivity contribution is 9.10. The van der Waals surface area contributed by atoms with Gasteiger partial charge in [0.05, 0.1) is 0 Å². The number of rotatable bonds is 4. The van der Waals surface area contributed by atoms with Gasteiger partial charge in [-0.05, 0) is 48.9 Å². The molecule has 2 rings (SSSR count). The monoisotopic (exact) mass is 332 g/mol. The van der Waals surface area contributed by atoms with Crippen molar-refractivity contribution in [3.63, 3.8) is 0 Å². The molecule has 0 radical (unpaired) electrons. The summed E-state index contributed by atoms with van der Waals surface area (Å²) in [5, 5.41) is 6.23. The summed E-state index contributed by atoms with van der Waals surface area (Å²) in [5.41, 5.74) is 3.00. The SMILES string of the molecule is CC(=O)Nc1cccc(C(C)Nc2ccc(Br)cc2)c1. The second-order valence-corrected chi connectivity index (χ2v) is 5.60. The van der Waals surface area contributed by atoms with Crippen molar-refractivity contribution in [2.24, 2.45) is 0 Å². The van der Waals surface area contributed by atoms with Gasteiger partial charge in [-0.3, -0.25) is 4.79 Å². The van der Waals surface area contributed by atoms with Gasteiger partial charge in [0, 0.05) is 28.8 Å². The molecule has 0 bridgehead atoms. The first-order valence-corrected chi connectivity index (χ1v) is 7.23. The lowest BCUT2D eigenvalue weighted by molar-refractivity contribution is -0.114. The Morgan fingerprint density at radius 3 is 2.45 bits per heavy atom. The Balaban J connectivity index is 2.10. The van der Waals surface area contributed by atoms with Crippen molar-refractivity contribution >= 4 is 33.2 Å². The van der Waals surface area contributed by atoms with Crippen LogP contribution in [0.3, 0.4) is 0 Å². The van der Waals surface area contributed by atoms with E-state index in [2.05, 4.69) is 33.5 Å². The van der Waals surface area contributed by atoms with Gasteiger partial charge in [0.1, 0.15) is 0 Å². The number of halogens is 1. The Labute approximate surface area is 127 Å². The van der Waals surface area contributed by atoms with Gasteiger partial charge in [-0.15, -0.1) is 0 Å². The quantitative estimate of drug-likeness (QED) is 0.860. The third kappa shape index (κ3) is 4.10. The number of carbonyl (C=O) groups is 1. The van der Waals surface area contributed by atoms with E-state index in [4.69, 9.17) is 0 Å². The highest BCUT2D eigenvalue weighted by Crippen LogP contribution is 2.23. The van der Waals surface area contributed by atoms with Gasteiger partial charge in [-0.2, -0.15) is 0 Å². The van der Waals surface area contributed by atoms with Crippen LogP contribution in [-0.2, 0) is 4.79 Å². The normalized spacial score (nSPS) is 11.8. The molecule has 0 saturated heterocycles. The number of amides is 1. The van der Waals surface area contributed by atoms with Crippen LogP contribution in [0.4, 0.5) is 11.4 Å². The standard InChI is InChI=1S/C16H17BrN2O/c1-11(18-15-8-6-14(17)7-9-15)13-4-3-5-16(10-13)19-12(2)20/h3-11,18H,1-2H3,(H,19,20). The molecule has 104 valence electrons. The van der Waals surface area contributed by atoms with E-state index >= 15 is 0 Å². The minimum absolute atomic E-state index is 0.0596. The maximum atomic E-state index is 11.1. The van der Waals surface area contributed by atoms with Crippen LogP contribution in [0.5, 0.6) is 0 Å². The summed E-state index contributed by atoms with van der Waals surface area (Å²) in [5.74, 6) is -0.0596. The highest BCUT2D eigenvalue weighted by Gasteiger charge is 2.06. The molecule has 2 aromatic rings. The number of benzene rings is 2. The second kappa shape index (κ2) is 6.57. The van der Waals surface area contributed by atoms with Crippen LogP contribution >= 0.6 is 15.9 Å². The lowest BCUT2D eigenvalue weighted by atomic mass is 10.1. The first-order valence-electron chi connectivity index (χ1n) is 6.44. The minimum Gasteiger partial charge on any atom is -0.379 e. The summed E-state index contributed by atoms with van der Waals surface area (Å²) in [6.45, 7) is 3.60. The fourth-order valence-corrected chi connectivity index (χ4v) is 2.23. The van der Waals surface area contributed by atoms with Gasteiger partial charge in [-0.25, -0.2) is 0 Å². The first-order chi connectivity index (χ1) is 9.54. The Morgan fingerprint density at radius 1 is 1.10 bits per heavy atom. The molecule has 3 nitrogen and oxygen atoms in total. The van der Waals surface area contributed by atoms with Crippen molar-refractivity contribution in [2.75, 3.05) is 10.6 Å². The number of anilines is 2. The van der Waals surface area contributed by atoms with E-state index in [1.807, 2.05) is 48.5 Å². The Kier molecular flexibility index (Phi) is 4.79. The molecular formula is C16H17BrN2O. The number of hydrogen-bond acceptors (Lipinski definition) is 2. The lowest BCUT2D eigenvalue weighted by Gasteiger charge is -2.16. The molecule has 20 heavy (non-hydrogen) atoms. The summed E-state index contributed by atoms with van der Waals surface area (Å²) in [4.78, 5) is 11.1. The van der Waals surface area contributed by atoms with Crippen LogP contribution in [-0.4, -0.2) is 5.91 Å². The Bertz CT molecular complexity index is 596. The molecular weight excluding hydrogens is 316 g/mol. The zero-order valence-electron chi connectivity index (χ0n) is 11.5. The predicted octanol–water partition coefficient (Wildman–Crippen LogP) is 4.58. The van der Waals surface area contributed by atoms with E-state index in [9.17, 15) is 4.79 Å². The third-order valence-electron chi connectivity index (χ3n) is 2.93. The minimum atomic E-state index is -0.0596. The molecule has 0 heterocycles. The van der Waals surface area contributed by atoms with Crippen molar-refractivity contribution in [3.05, 3.63) is 58.6 Å². The third-order valence-corrected chi connectivity index (χ3v) is 3.46. The van der Waals surface area contributed by atoms with E-state index in [0.717, 1.165) is 21.4 Å². The summed E-state index contributed by atoms with van der Waals surface area (Å²) in [6.07, 6.45) is 0. The van der Waals surface area contributed by atoms with Crippen LogP contribution < -0.4 is 10.6 Å².